The number of rotatable bonds is 6. The van der Waals surface area contributed by atoms with Gasteiger partial charge >= 0.3 is 0 Å². The highest BCUT2D eigenvalue weighted by molar-refractivity contribution is 5.45. The first-order chi connectivity index (χ1) is 14.2. The van der Waals surface area contributed by atoms with Gasteiger partial charge in [-0.2, -0.15) is 4.98 Å². The van der Waals surface area contributed by atoms with Gasteiger partial charge in [0.05, 0.1) is 0 Å². The van der Waals surface area contributed by atoms with Crippen molar-refractivity contribution in [1.29, 1.82) is 0 Å². The first-order valence-electron chi connectivity index (χ1n) is 10.6. The number of hydrogen-bond acceptors (Lipinski definition) is 4. The monoisotopic (exact) mass is 386 g/mol. The molecule has 150 valence electrons. The molecule has 4 nitrogen and oxygen atoms in total. The number of anilines is 2. The lowest BCUT2D eigenvalue weighted by molar-refractivity contribution is 0.402. The van der Waals surface area contributed by atoms with Crippen LogP contribution in [0.3, 0.4) is 0 Å². The molecule has 3 aromatic rings. The van der Waals surface area contributed by atoms with Gasteiger partial charge in [0.2, 0.25) is 5.95 Å². The third kappa shape index (κ3) is 5.35. The predicted molar refractivity (Wildman–Crippen MR) is 120 cm³/mol. The smallest absolute Gasteiger partial charge is 0.225 e. The maximum atomic E-state index is 4.80. The van der Waals surface area contributed by atoms with Gasteiger partial charge in [-0.25, -0.2) is 4.98 Å². The Morgan fingerprint density at radius 2 is 1.62 bits per heavy atom. The van der Waals surface area contributed by atoms with Crippen LogP contribution in [-0.4, -0.2) is 23.1 Å². The summed E-state index contributed by atoms with van der Waals surface area (Å²) in [6.07, 6.45) is 3.61. The lowest BCUT2D eigenvalue weighted by atomic mass is 9.90. The molecular weight excluding hydrogens is 356 g/mol. The molecule has 1 aliphatic heterocycles. The number of benzene rings is 2. The molecule has 1 aliphatic rings. The molecule has 2 heterocycles. The summed E-state index contributed by atoms with van der Waals surface area (Å²) in [6, 6.07) is 21.5. The van der Waals surface area contributed by atoms with Crippen LogP contribution in [0.1, 0.15) is 35.2 Å². The van der Waals surface area contributed by atoms with Crippen LogP contribution in [0.25, 0.3) is 0 Å². The van der Waals surface area contributed by atoms with Gasteiger partial charge < -0.3 is 10.2 Å². The minimum absolute atomic E-state index is 0.715. The van der Waals surface area contributed by atoms with Crippen molar-refractivity contribution in [1.82, 2.24) is 9.97 Å². The molecule has 0 amide bonds. The Balaban J connectivity index is 1.35. The van der Waals surface area contributed by atoms with Crippen molar-refractivity contribution in [2.45, 2.75) is 39.7 Å². The molecule has 1 N–H and O–H groups in total. The number of aryl methyl sites for hydroxylation is 2. The van der Waals surface area contributed by atoms with Gasteiger partial charge in [-0.15, -0.1) is 0 Å². The van der Waals surface area contributed by atoms with E-state index in [2.05, 4.69) is 82.8 Å². The normalized spacial score (nSPS) is 14.8. The molecule has 2 aromatic carbocycles. The van der Waals surface area contributed by atoms with E-state index in [4.69, 9.17) is 4.98 Å². The Morgan fingerprint density at radius 3 is 2.34 bits per heavy atom. The van der Waals surface area contributed by atoms with Crippen molar-refractivity contribution >= 4 is 11.8 Å². The molecule has 0 radical (unpaired) electrons. The van der Waals surface area contributed by atoms with Crippen molar-refractivity contribution in [3.05, 3.63) is 83.0 Å². The van der Waals surface area contributed by atoms with E-state index in [-0.39, 0.29) is 0 Å². The van der Waals surface area contributed by atoms with Crippen LogP contribution in [0.5, 0.6) is 0 Å². The zero-order chi connectivity index (χ0) is 20.1. The Labute approximate surface area is 174 Å². The zero-order valence-corrected chi connectivity index (χ0v) is 17.4. The Kier molecular flexibility index (Phi) is 6.09. The third-order valence-corrected chi connectivity index (χ3v) is 5.72. The summed E-state index contributed by atoms with van der Waals surface area (Å²) in [7, 11) is 0. The van der Waals surface area contributed by atoms with E-state index in [1.165, 1.54) is 36.0 Å². The number of nitrogens with zero attached hydrogens (tertiary/aromatic N) is 3. The molecule has 0 atom stereocenters. The van der Waals surface area contributed by atoms with Gasteiger partial charge in [-0.1, -0.05) is 60.2 Å². The first kappa shape index (κ1) is 19.4. The van der Waals surface area contributed by atoms with Crippen molar-refractivity contribution in [3.63, 3.8) is 0 Å². The number of nitrogens with one attached hydrogen (secondary N) is 1. The average Bonchev–Trinajstić information content (AvgIpc) is 2.74. The van der Waals surface area contributed by atoms with Crippen molar-refractivity contribution in [3.8, 4) is 0 Å². The van der Waals surface area contributed by atoms with E-state index >= 15 is 0 Å². The van der Waals surface area contributed by atoms with E-state index in [0.717, 1.165) is 37.1 Å². The molecule has 1 aromatic heterocycles. The lowest BCUT2D eigenvalue weighted by Gasteiger charge is -2.33. The van der Waals surface area contributed by atoms with E-state index in [9.17, 15) is 0 Å². The van der Waals surface area contributed by atoms with Crippen LogP contribution in [0, 0.1) is 19.8 Å². The maximum Gasteiger partial charge on any atom is 0.225 e. The molecule has 1 fully saturated rings. The molecule has 0 spiro atoms. The number of hydrogen-bond donors (Lipinski definition) is 1. The molecule has 4 heteroatoms. The van der Waals surface area contributed by atoms with Gasteiger partial charge in [0, 0.05) is 31.4 Å². The fourth-order valence-electron chi connectivity index (χ4n) is 3.99. The summed E-state index contributed by atoms with van der Waals surface area (Å²) >= 11 is 0. The van der Waals surface area contributed by atoms with Gasteiger partial charge in [-0.05, 0) is 50.2 Å². The second kappa shape index (κ2) is 9.08. The Morgan fingerprint density at radius 1 is 0.897 bits per heavy atom. The lowest BCUT2D eigenvalue weighted by Crippen LogP contribution is -2.35. The Hall–Kier alpha value is -2.88. The van der Waals surface area contributed by atoms with Crippen LogP contribution in [0.15, 0.2) is 60.7 Å². The third-order valence-electron chi connectivity index (χ3n) is 5.72. The molecule has 0 aliphatic carbocycles. The highest BCUT2D eigenvalue weighted by Crippen LogP contribution is 2.25. The molecule has 0 unspecified atom stereocenters. The summed E-state index contributed by atoms with van der Waals surface area (Å²) in [6.45, 7) is 7.01. The molecule has 1 saturated heterocycles. The van der Waals surface area contributed by atoms with E-state index in [1.807, 2.05) is 6.92 Å². The maximum absolute atomic E-state index is 4.80. The van der Waals surface area contributed by atoms with Crippen molar-refractivity contribution < 1.29 is 0 Å². The standard InChI is InChI=1S/C25H30N4/c1-19-8-10-23(11-9-19)18-26-25-27-20(2)16-24(28-25)29-14-12-22(13-15-29)17-21-6-4-3-5-7-21/h3-11,16,22H,12-15,17-18H2,1-2H3,(H,26,27,28). The molecular formula is C25H30N4. The number of piperidine rings is 1. The van der Waals surface area contributed by atoms with E-state index in [1.54, 1.807) is 0 Å². The quantitative estimate of drug-likeness (QED) is 0.635. The van der Waals surface area contributed by atoms with Crippen molar-refractivity contribution in [2.75, 3.05) is 23.3 Å². The fraction of sp³-hybridized carbons (Fsp3) is 0.360. The predicted octanol–water partition coefficient (Wildman–Crippen LogP) is 5.16. The minimum atomic E-state index is 0.715. The van der Waals surface area contributed by atoms with Crippen LogP contribution in [0.4, 0.5) is 11.8 Å². The fourth-order valence-corrected chi connectivity index (χ4v) is 3.99. The molecule has 0 bridgehead atoms. The topological polar surface area (TPSA) is 41.1 Å². The second-order valence-electron chi connectivity index (χ2n) is 8.15. The summed E-state index contributed by atoms with van der Waals surface area (Å²) in [5.74, 6) is 2.52. The molecule has 0 saturated carbocycles. The van der Waals surface area contributed by atoms with Crippen LogP contribution in [0.2, 0.25) is 0 Å². The van der Waals surface area contributed by atoms with Crippen LogP contribution in [-0.2, 0) is 13.0 Å². The summed E-state index contributed by atoms with van der Waals surface area (Å²) in [4.78, 5) is 11.8. The minimum Gasteiger partial charge on any atom is -0.356 e. The van der Waals surface area contributed by atoms with Gasteiger partial charge in [0.1, 0.15) is 5.82 Å². The highest BCUT2D eigenvalue weighted by Gasteiger charge is 2.21. The van der Waals surface area contributed by atoms with E-state index < -0.39 is 0 Å². The highest BCUT2D eigenvalue weighted by atomic mass is 15.2. The van der Waals surface area contributed by atoms with Gasteiger partial charge in [-0.3, -0.25) is 0 Å². The SMILES string of the molecule is Cc1ccc(CNc2nc(C)cc(N3CCC(Cc4ccccc4)CC3)n2)cc1. The van der Waals surface area contributed by atoms with E-state index in [0.29, 0.717) is 5.95 Å². The van der Waals surface area contributed by atoms with Crippen LogP contribution >= 0.6 is 0 Å². The van der Waals surface area contributed by atoms with Gasteiger partial charge in [0.25, 0.3) is 0 Å². The zero-order valence-electron chi connectivity index (χ0n) is 17.4. The van der Waals surface area contributed by atoms with Crippen molar-refractivity contribution in [2.24, 2.45) is 5.92 Å². The first-order valence-corrected chi connectivity index (χ1v) is 10.6. The molecule has 4 rings (SSSR count). The second-order valence-corrected chi connectivity index (χ2v) is 8.15. The number of aromatic nitrogens is 2. The van der Waals surface area contributed by atoms with Crippen LogP contribution < -0.4 is 10.2 Å². The Bertz CT molecular complexity index is 913. The average molecular weight is 387 g/mol. The summed E-state index contributed by atoms with van der Waals surface area (Å²) in [5, 5.41) is 3.39. The summed E-state index contributed by atoms with van der Waals surface area (Å²) < 4.78 is 0. The molecule has 29 heavy (non-hydrogen) atoms. The largest absolute Gasteiger partial charge is 0.356 e. The van der Waals surface area contributed by atoms with Gasteiger partial charge in [0.15, 0.2) is 0 Å². The summed E-state index contributed by atoms with van der Waals surface area (Å²) in [5.41, 5.74) is 4.97.